The SMILES string of the molecule is C[C@@H]1CCCOC(=O)c2ccc(s2)C(=O)OCCC[C@@H](C)[C@H]2CC[C@H]3[C@@H]4CC[C@H]5C[C@@H](CC[C@]5(C)[C@H]4CC[C@]23C)OC(=O)c2cccc(c2)C(=O)O[C@@H]2CC[C@@]3(C)[C@@H](CC[C@@H]4[C@@H]3CC[C@]3(C)[C@@H]1CC[C@@H]43)C2. The first kappa shape index (κ1) is 50.0. The smallest absolute Gasteiger partial charge is 0.348 e. The summed E-state index contributed by atoms with van der Waals surface area (Å²) in [5.41, 5.74) is 2.12. The van der Waals surface area contributed by atoms with Crippen molar-refractivity contribution in [1.29, 1.82) is 0 Å². The number of carbonyl (C=O) groups is 4. The van der Waals surface area contributed by atoms with Crippen molar-refractivity contribution in [1.82, 2.24) is 0 Å². The number of benzene rings is 1. The number of ether oxygens (including phenoxy) is 4. The van der Waals surface area contributed by atoms with E-state index in [1.54, 1.807) is 30.3 Å². The third kappa shape index (κ3) is 8.87. The zero-order valence-corrected chi connectivity index (χ0v) is 45.0. The number of thiophene rings is 1. The van der Waals surface area contributed by atoms with Crippen molar-refractivity contribution in [3.05, 3.63) is 57.3 Å². The Morgan fingerprint density at radius 3 is 1.31 bits per heavy atom. The zero-order chi connectivity index (χ0) is 49.5. The molecule has 2 aromatic rings. The van der Waals surface area contributed by atoms with Gasteiger partial charge in [0.25, 0.3) is 0 Å². The molecule has 7 heterocycles. The lowest BCUT2D eigenvalue weighted by Crippen LogP contribution is -2.54. The van der Waals surface area contributed by atoms with Gasteiger partial charge in [0.1, 0.15) is 22.0 Å². The lowest BCUT2D eigenvalue weighted by molar-refractivity contribution is -0.130. The quantitative estimate of drug-likeness (QED) is 0.190. The van der Waals surface area contributed by atoms with Gasteiger partial charge in [-0.2, -0.15) is 0 Å². The van der Waals surface area contributed by atoms with Gasteiger partial charge in [0.15, 0.2) is 0 Å². The van der Waals surface area contributed by atoms with Crippen molar-refractivity contribution in [2.45, 2.75) is 195 Å². The van der Waals surface area contributed by atoms with Gasteiger partial charge in [-0.05, 0) is 264 Å². The molecule has 0 unspecified atom stereocenters. The van der Waals surface area contributed by atoms with E-state index in [0.29, 0.717) is 80.4 Å². The number of rotatable bonds is 0. The summed E-state index contributed by atoms with van der Waals surface area (Å²) in [6.07, 6.45) is 24.8. The van der Waals surface area contributed by atoms with E-state index in [9.17, 15) is 19.2 Å². The summed E-state index contributed by atoms with van der Waals surface area (Å²) in [6.45, 7) is 16.1. The molecule has 0 spiro atoms. The summed E-state index contributed by atoms with van der Waals surface area (Å²) in [5.74, 6) is 6.76. The molecular weight excluding hydrogens is 905 g/mol. The normalized spacial score (nSPS) is 45.3. The second-order valence-electron chi connectivity index (χ2n) is 26.6. The van der Waals surface area contributed by atoms with Crippen LogP contribution in [0.5, 0.6) is 0 Å². The van der Waals surface area contributed by atoms with E-state index in [0.717, 1.165) is 99.7 Å². The first-order valence-electron chi connectivity index (χ1n) is 29.0. The zero-order valence-electron chi connectivity index (χ0n) is 44.2. The molecule has 0 amide bonds. The van der Waals surface area contributed by atoms with Crippen molar-refractivity contribution in [2.24, 2.45) is 92.7 Å². The van der Waals surface area contributed by atoms with Crippen LogP contribution in [-0.2, 0) is 18.9 Å². The van der Waals surface area contributed by atoms with Crippen LogP contribution < -0.4 is 0 Å². The molecule has 6 aliphatic heterocycles. The largest absolute Gasteiger partial charge is 0.462 e. The topological polar surface area (TPSA) is 105 Å². The molecule has 8 fully saturated rings. The maximum atomic E-state index is 13.9. The van der Waals surface area contributed by atoms with Crippen molar-refractivity contribution in [3.8, 4) is 0 Å². The highest BCUT2D eigenvalue weighted by Crippen LogP contribution is 2.70. The summed E-state index contributed by atoms with van der Waals surface area (Å²) >= 11 is 1.19. The molecule has 0 N–H and O–H groups in total. The molecule has 0 radical (unpaired) electrons. The van der Waals surface area contributed by atoms with E-state index < -0.39 is 0 Å². The summed E-state index contributed by atoms with van der Waals surface area (Å²) in [7, 11) is 0. The summed E-state index contributed by atoms with van der Waals surface area (Å²) < 4.78 is 24.3. The second-order valence-corrected chi connectivity index (χ2v) is 27.7. The third-order valence-corrected chi connectivity index (χ3v) is 24.8. The molecule has 14 aliphatic rings. The number of esters is 4. The lowest BCUT2D eigenvalue weighted by atomic mass is 9.44. The fraction of sp³-hybridized carbons (Fsp3) is 0.774. The van der Waals surface area contributed by atoms with E-state index in [-0.39, 0.29) is 46.9 Å². The Hall–Kier alpha value is -3.20. The Morgan fingerprint density at radius 2 is 0.859 bits per heavy atom. The maximum absolute atomic E-state index is 13.9. The van der Waals surface area contributed by atoms with Crippen LogP contribution in [0.15, 0.2) is 36.4 Å². The summed E-state index contributed by atoms with van der Waals surface area (Å²) in [5, 5.41) is 0. The molecule has 16 rings (SSSR count). The predicted molar refractivity (Wildman–Crippen MR) is 277 cm³/mol. The Kier molecular flexibility index (Phi) is 13.7. The standard InChI is InChI=1S/C62H86O8S/c1-37-10-8-32-67-57(65)53-22-23-54(71-53)58(66)68-33-9-11-38(2)48-19-21-50-46-17-15-42-36-44(25-29-60(42,4)52(46)27-31-62(48,50)6)70-56(64)40-13-7-12-39(34-40)55(63)69-43-24-28-59(3)41(35-43)14-16-45-49-20-18-47(37)61(49,5)30-26-51(45)59/h7,12-13,22-23,34,37-38,41-52H,8-11,14-21,24-33,35-36H2,1-6H3/t37-,38-,41+,42+,43-,44-,45+,46+,47-,48-,49+,50+,51+,52+,59+,60+,61-,62-/m1/s1. The predicted octanol–water partition coefficient (Wildman–Crippen LogP) is 15.0. The second kappa shape index (κ2) is 19.5. The van der Waals surface area contributed by atoms with Crippen LogP contribution in [0.25, 0.3) is 0 Å². The average Bonchev–Trinajstić information content (AvgIpc) is 4.10. The fourth-order valence-corrected chi connectivity index (χ4v) is 20.8. The van der Waals surface area contributed by atoms with Crippen molar-refractivity contribution < 1.29 is 38.1 Å². The Bertz CT molecular complexity index is 2170. The molecule has 8 aliphatic carbocycles. The first-order valence-corrected chi connectivity index (χ1v) is 29.9. The molecule has 388 valence electrons. The maximum Gasteiger partial charge on any atom is 0.348 e. The monoisotopic (exact) mass is 991 g/mol. The van der Waals surface area contributed by atoms with Gasteiger partial charge in [-0.1, -0.05) is 47.6 Å². The fourth-order valence-electron chi connectivity index (χ4n) is 20.1. The van der Waals surface area contributed by atoms with Gasteiger partial charge in [-0.15, -0.1) is 11.3 Å². The summed E-state index contributed by atoms with van der Waals surface area (Å²) in [4.78, 5) is 55.0. The Morgan fingerprint density at radius 1 is 0.451 bits per heavy atom. The molecule has 9 heteroatoms. The first-order chi connectivity index (χ1) is 34.1. The molecule has 1 aromatic heterocycles. The van der Waals surface area contributed by atoms with E-state index >= 15 is 0 Å². The molecule has 20 bridgehead atoms. The Balaban J connectivity index is 0.776. The number of hydrogen-bond acceptors (Lipinski definition) is 9. The minimum Gasteiger partial charge on any atom is -0.462 e. The Labute approximate surface area is 429 Å². The van der Waals surface area contributed by atoms with Crippen LogP contribution in [0.4, 0.5) is 0 Å². The molecule has 18 atom stereocenters. The van der Waals surface area contributed by atoms with E-state index in [1.807, 2.05) is 6.07 Å². The minimum absolute atomic E-state index is 0.0951. The number of hydrogen-bond donors (Lipinski definition) is 0. The van der Waals surface area contributed by atoms with Crippen LogP contribution in [0.1, 0.15) is 223 Å². The molecule has 8 saturated carbocycles. The van der Waals surface area contributed by atoms with Gasteiger partial charge in [-0.25, -0.2) is 19.2 Å². The highest BCUT2D eigenvalue weighted by Gasteiger charge is 2.62. The van der Waals surface area contributed by atoms with Gasteiger partial charge in [0, 0.05) is 0 Å². The van der Waals surface area contributed by atoms with Gasteiger partial charge < -0.3 is 18.9 Å². The van der Waals surface area contributed by atoms with E-state index in [2.05, 4.69) is 41.5 Å². The van der Waals surface area contributed by atoms with Crippen LogP contribution >= 0.6 is 11.3 Å². The van der Waals surface area contributed by atoms with Crippen molar-refractivity contribution in [3.63, 3.8) is 0 Å². The van der Waals surface area contributed by atoms with Gasteiger partial charge >= 0.3 is 23.9 Å². The van der Waals surface area contributed by atoms with Gasteiger partial charge in [0.05, 0.1) is 24.3 Å². The molecule has 71 heavy (non-hydrogen) atoms. The van der Waals surface area contributed by atoms with Crippen LogP contribution in [0, 0.1) is 92.7 Å². The highest BCUT2D eigenvalue weighted by molar-refractivity contribution is 7.15. The van der Waals surface area contributed by atoms with E-state index in [4.69, 9.17) is 18.9 Å². The van der Waals surface area contributed by atoms with Gasteiger partial charge in [-0.3, -0.25) is 0 Å². The molecule has 8 nitrogen and oxygen atoms in total. The minimum atomic E-state index is -0.341. The highest BCUT2D eigenvalue weighted by atomic mass is 32.1. The van der Waals surface area contributed by atoms with Crippen molar-refractivity contribution >= 4 is 35.2 Å². The van der Waals surface area contributed by atoms with Crippen LogP contribution in [-0.4, -0.2) is 49.3 Å². The number of carbonyl (C=O) groups excluding carboxylic acids is 4. The summed E-state index contributed by atoms with van der Waals surface area (Å²) in [6, 6.07) is 10.6. The van der Waals surface area contributed by atoms with Crippen LogP contribution in [0.3, 0.4) is 0 Å². The average molecular weight is 991 g/mol. The third-order valence-electron chi connectivity index (χ3n) is 23.7. The molecular formula is C62H86O8S. The van der Waals surface area contributed by atoms with Crippen molar-refractivity contribution in [2.75, 3.05) is 13.2 Å². The van der Waals surface area contributed by atoms with Crippen LogP contribution in [0.2, 0.25) is 0 Å². The van der Waals surface area contributed by atoms with Gasteiger partial charge in [0.2, 0.25) is 0 Å². The van der Waals surface area contributed by atoms with E-state index in [1.165, 1.54) is 88.4 Å². The lowest BCUT2D eigenvalue weighted by Gasteiger charge is -2.61. The molecule has 1 aromatic carbocycles. The molecule has 0 saturated heterocycles.